The van der Waals surface area contributed by atoms with Crippen LogP contribution >= 0.6 is 35.3 Å². The maximum atomic E-state index is 13.5. The zero-order valence-electron chi connectivity index (χ0n) is 15.5. The Morgan fingerprint density at radius 1 is 1.19 bits per heavy atom. The van der Waals surface area contributed by atoms with E-state index in [-0.39, 0.29) is 35.7 Å². The predicted molar refractivity (Wildman–Crippen MR) is 121 cm³/mol. The molecule has 0 saturated heterocycles. The van der Waals surface area contributed by atoms with Gasteiger partial charge in [-0.1, -0.05) is 12.1 Å². The third kappa shape index (κ3) is 8.25. The van der Waals surface area contributed by atoms with Crippen LogP contribution in [0.1, 0.15) is 27.7 Å². The van der Waals surface area contributed by atoms with Crippen molar-refractivity contribution in [1.29, 1.82) is 0 Å². The van der Waals surface area contributed by atoms with Crippen LogP contribution in [0.25, 0.3) is 0 Å². The number of nitrogens with one attached hydrogen (secondary N) is 3. The number of thiophene rings is 1. The lowest BCUT2D eigenvalue weighted by molar-refractivity contribution is 0.0954. The number of hydrogen-bond donors (Lipinski definition) is 3. The van der Waals surface area contributed by atoms with Crippen molar-refractivity contribution in [2.45, 2.75) is 20.3 Å². The third-order valence-corrected chi connectivity index (χ3v) is 4.63. The minimum atomic E-state index is -0.372. The van der Waals surface area contributed by atoms with E-state index in [9.17, 15) is 9.18 Å². The molecule has 0 saturated carbocycles. The van der Waals surface area contributed by atoms with E-state index < -0.39 is 0 Å². The van der Waals surface area contributed by atoms with Crippen molar-refractivity contribution in [3.05, 3.63) is 57.5 Å². The van der Waals surface area contributed by atoms with Crippen molar-refractivity contribution in [1.82, 2.24) is 16.0 Å². The highest BCUT2D eigenvalue weighted by atomic mass is 127. The van der Waals surface area contributed by atoms with Crippen molar-refractivity contribution in [3.63, 3.8) is 0 Å². The molecule has 0 bridgehead atoms. The molecule has 0 aliphatic rings. The largest absolute Gasteiger partial charge is 0.357 e. The maximum absolute atomic E-state index is 13.5. The van der Waals surface area contributed by atoms with E-state index in [2.05, 4.69) is 32.4 Å². The number of aryl methyl sites for hydroxylation is 1. The third-order valence-electron chi connectivity index (χ3n) is 3.69. The Bertz CT molecular complexity index is 737. The number of nitrogens with zero attached hydrogens (tertiary/aromatic N) is 1. The van der Waals surface area contributed by atoms with E-state index in [4.69, 9.17) is 0 Å². The lowest BCUT2D eigenvalue weighted by Crippen LogP contribution is -2.41. The van der Waals surface area contributed by atoms with Gasteiger partial charge in [-0.25, -0.2) is 4.39 Å². The van der Waals surface area contributed by atoms with E-state index in [1.54, 1.807) is 30.4 Å². The van der Waals surface area contributed by atoms with Crippen LogP contribution in [0.5, 0.6) is 0 Å². The second kappa shape index (κ2) is 12.7. The zero-order chi connectivity index (χ0) is 18.8. The first kappa shape index (κ1) is 23.4. The monoisotopic (exact) mass is 504 g/mol. The second-order valence-electron chi connectivity index (χ2n) is 5.74. The molecule has 0 fully saturated rings. The number of amides is 1. The van der Waals surface area contributed by atoms with E-state index in [1.807, 2.05) is 13.0 Å². The van der Waals surface area contributed by atoms with Gasteiger partial charge in [-0.05, 0) is 43.0 Å². The second-order valence-corrected chi connectivity index (χ2v) is 6.77. The highest BCUT2D eigenvalue weighted by Gasteiger charge is 2.07. The summed E-state index contributed by atoms with van der Waals surface area (Å²) in [6.07, 6.45) is 0.907. The molecule has 27 heavy (non-hydrogen) atoms. The molecule has 1 aromatic heterocycles. The van der Waals surface area contributed by atoms with Crippen LogP contribution in [0.15, 0.2) is 40.7 Å². The average molecular weight is 504 g/mol. The van der Waals surface area contributed by atoms with Gasteiger partial charge in [0.2, 0.25) is 0 Å². The van der Waals surface area contributed by atoms with Gasteiger partial charge in [0.1, 0.15) is 5.82 Å². The van der Waals surface area contributed by atoms with Crippen LogP contribution in [0, 0.1) is 12.7 Å². The molecule has 2 aromatic rings. The summed E-state index contributed by atoms with van der Waals surface area (Å²) in [5, 5.41) is 11.2. The molecule has 3 N–H and O–H groups in total. The minimum absolute atomic E-state index is 0. The Balaban J connectivity index is 0.00000364. The smallest absolute Gasteiger partial charge is 0.251 e. The van der Waals surface area contributed by atoms with Crippen molar-refractivity contribution < 1.29 is 9.18 Å². The number of guanidine groups is 1. The van der Waals surface area contributed by atoms with Gasteiger partial charge in [-0.15, -0.1) is 35.3 Å². The Hall–Kier alpha value is -1.68. The van der Waals surface area contributed by atoms with Gasteiger partial charge in [0.15, 0.2) is 5.96 Å². The summed E-state index contributed by atoms with van der Waals surface area (Å²) in [5.41, 5.74) is 0.849. The minimum Gasteiger partial charge on any atom is -0.357 e. The van der Waals surface area contributed by atoms with Crippen LogP contribution < -0.4 is 16.0 Å². The van der Waals surface area contributed by atoms with Crippen LogP contribution in [-0.2, 0) is 6.42 Å². The number of carbonyl (C=O) groups is 1. The normalized spacial score (nSPS) is 10.9. The van der Waals surface area contributed by atoms with Crippen molar-refractivity contribution in [2.75, 3.05) is 26.2 Å². The Morgan fingerprint density at radius 3 is 2.63 bits per heavy atom. The molecule has 5 nitrogen and oxygen atoms in total. The predicted octanol–water partition coefficient (Wildman–Crippen LogP) is 3.34. The Kier molecular flexibility index (Phi) is 11.0. The number of hydrogen-bond acceptors (Lipinski definition) is 3. The fourth-order valence-electron chi connectivity index (χ4n) is 2.27. The average Bonchev–Trinajstić information content (AvgIpc) is 3.14. The lowest BCUT2D eigenvalue weighted by atomic mass is 10.1. The molecular weight excluding hydrogens is 478 g/mol. The topological polar surface area (TPSA) is 65.5 Å². The molecule has 0 unspecified atom stereocenters. The highest BCUT2D eigenvalue weighted by molar-refractivity contribution is 14.0. The van der Waals surface area contributed by atoms with Crippen molar-refractivity contribution in [2.24, 2.45) is 4.99 Å². The first-order valence-electron chi connectivity index (χ1n) is 8.69. The van der Waals surface area contributed by atoms with Gasteiger partial charge in [0.25, 0.3) is 5.91 Å². The molecule has 1 amide bonds. The molecule has 0 radical (unpaired) electrons. The summed E-state index contributed by atoms with van der Waals surface area (Å²) in [4.78, 5) is 17.9. The van der Waals surface area contributed by atoms with Gasteiger partial charge < -0.3 is 16.0 Å². The summed E-state index contributed by atoms with van der Waals surface area (Å²) in [6.45, 7) is 6.09. The van der Waals surface area contributed by atoms with E-state index in [0.717, 1.165) is 18.9 Å². The van der Waals surface area contributed by atoms with Crippen LogP contribution in [0.2, 0.25) is 0 Å². The van der Waals surface area contributed by atoms with Gasteiger partial charge in [0, 0.05) is 43.0 Å². The summed E-state index contributed by atoms with van der Waals surface area (Å²) >= 11 is 1.73. The van der Waals surface area contributed by atoms with Crippen molar-refractivity contribution >= 4 is 47.2 Å². The van der Waals surface area contributed by atoms with Gasteiger partial charge in [-0.2, -0.15) is 0 Å². The molecule has 0 spiro atoms. The standard InChI is InChI=1S/C19H25FN4OS.HI/c1-3-21-19(23-9-8-16-5-4-12-26-16)24-11-10-22-18(25)15-7-6-14(2)17(20)13-15;/h4-7,12-13H,3,8-11H2,1-2H3,(H,22,25)(H2,21,23,24);1H. The number of halogens is 2. The molecule has 1 heterocycles. The summed E-state index contributed by atoms with van der Waals surface area (Å²) < 4.78 is 13.5. The zero-order valence-corrected chi connectivity index (χ0v) is 18.7. The number of benzene rings is 1. The number of aliphatic imine (C=N–C) groups is 1. The lowest BCUT2D eigenvalue weighted by Gasteiger charge is -2.12. The first-order valence-corrected chi connectivity index (χ1v) is 9.57. The van der Waals surface area contributed by atoms with Gasteiger partial charge >= 0.3 is 0 Å². The molecular formula is C19H26FIN4OS. The Labute approximate surface area is 180 Å². The van der Waals surface area contributed by atoms with Crippen LogP contribution in [0.4, 0.5) is 4.39 Å². The van der Waals surface area contributed by atoms with Crippen molar-refractivity contribution in [3.8, 4) is 0 Å². The summed E-state index contributed by atoms with van der Waals surface area (Å²) in [6, 6.07) is 8.62. The van der Waals surface area contributed by atoms with Crippen LogP contribution in [-0.4, -0.2) is 38.0 Å². The van der Waals surface area contributed by atoms with E-state index >= 15 is 0 Å². The molecule has 8 heteroatoms. The summed E-state index contributed by atoms with van der Waals surface area (Å²) in [5.74, 6) is 0.0631. The van der Waals surface area contributed by atoms with E-state index in [0.29, 0.717) is 30.8 Å². The summed E-state index contributed by atoms with van der Waals surface area (Å²) in [7, 11) is 0. The Morgan fingerprint density at radius 2 is 1.96 bits per heavy atom. The molecule has 0 atom stereocenters. The molecule has 148 valence electrons. The fraction of sp³-hybridized carbons (Fsp3) is 0.368. The molecule has 0 aliphatic heterocycles. The quantitative estimate of drug-likeness (QED) is 0.224. The first-order chi connectivity index (χ1) is 12.6. The number of rotatable bonds is 8. The molecule has 2 rings (SSSR count). The van der Waals surface area contributed by atoms with E-state index in [1.165, 1.54) is 10.9 Å². The highest BCUT2D eigenvalue weighted by Crippen LogP contribution is 2.09. The fourth-order valence-corrected chi connectivity index (χ4v) is 2.97. The maximum Gasteiger partial charge on any atom is 0.251 e. The molecule has 1 aromatic carbocycles. The molecule has 0 aliphatic carbocycles. The van der Waals surface area contributed by atoms with Gasteiger partial charge in [-0.3, -0.25) is 9.79 Å². The van der Waals surface area contributed by atoms with Crippen LogP contribution in [0.3, 0.4) is 0 Å². The van der Waals surface area contributed by atoms with Gasteiger partial charge in [0.05, 0.1) is 0 Å². The SMILES string of the molecule is CCNC(=NCCc1cccs1)NCCNC(=O)c1ccc(C)c(F)c1.I. The number of carbonyl (C=O) groups excluding carboxylic acids is 1.